The van der Waals surface area contributed by atoms with Crippen molar-refractivity contribution in [2.75, 3.05) is 19.6 Å². The van der Waals surface area contributed by atoms with Crippen molar-refractivity contribution >= 4 is 11.3 Å². The van der Waals surface area contributed by atoms with E-state index in [4.69, 9.17) is 6.42 Å². The van der Waals surface area contributed by atoms with Gasteiger partial charge in [-0.25, -0.2) is 0 Å². The van der Waals surface area contributed by atoms with Gasteiger partial charge in [-0.15, -0.1) is 17.8 Å². The quantitative estimate of drug-likeness (QED) is 0.820. The van der Waals surface area contributed by atoms with Crippen molar-refractivity contribution in [3.63, 3.8) is 0 Å². The standard InChI is InChI=1S/C15H22N2S/c1-3-8-17-9-5-14(6-10-17)16-12-15-13(4-2)7-11-18-15/h1,7,11,14,16H,4-6,8-10,12H2,2H3. The fourth-order valence-electron chi connectivity index (χ4n) is 2.50. The molecule has 0 unspecified atom stereocenters. The molecular weight excluding hydrogens is 240 g/mol. The largest absolute Gasteiger partial charge is 0.309 e. The lowest BCUT2D eigenvalue weighted by Gasteiger charge is -2.31. The molecule has 0 amide bonds. The highest BCUT2D eigenvalue weighted by Gasteiger charge is 2.18. The van der Waals surface area contributed by atoms with Crippen LogP contribution in [0.3, 0.4) is 0 Å². The van der Waals surface area contributed by atoms with E-state index in [1.807, 2.05) is 11.3 Å². The van der Waals surface area contributed by atoms with Gasteiger partial charge >= 0.3 is 0 Å². The first-order valence-corrected chi connectivity index (χ1v) is 7.66. The van der Waals surface area contributed by atoms with E-state index in [0.29, 0.717) is 6.04 Å². The van der Waals surface area contributed by atoms with Crippen LogP contribution in [0.5, 0.6) is 0 Å². The predicted molar refractivity (Wildman–Crippen MR) is 78.8 cm³/mol. The summed E-state index contributed by atoms with van der Waals surface area (Å²) in [7, 11) is 0. The van der Waals surface area contributed by atoms with Crippen LogP contribution in [0.25, 0.3) is 0 Å². The first-order valence-electron chi connectivity index (χ1n) is 6.78. The minimum Gasteiger partial charge on any atom is -0.309 e. The summed E-state index contributed by atoms with van der Waals surface area (Å²) in [4.78, 5) is 3.87. The Kier molecular flexibility index (Phi) is 5.25. The minimum absolute atomic E-state index is 0.658. The third kappa shape index (κ3) is 3.58. The SMILES string of the molecule is C#CCN1CCC(NCc2sccc2CC)CC1. The number of likely N-dealkylation sites (tertiary alicyclic amines) is 1. The van der Waals surface area contributed by atoms with Crippen LogP contribution in [0.4, 0.5) is 0 Å². The Bertz CT molecular complexity index is 397. The van der Waals surface area contributed by atoms with Gasteiger partial charge in [0.05, 0.1) is 6.54 Å². The summed E-state index contributed by atoms with van der Waals surface area (Å²) in [5, 5.41) is 5.89. The molecular formula is C15H22N2S. The Labute approximate surface area is 114 Å². The number of thiophene rings is 1. The molecule has 1 aromatic rings. The maximum absolute atomic E-state index is 5.34. The number of hydrogen-bond donors (Lipinski definition) is 1. The van der Waals surface area contributed by atoms with E-state index in [1.54, 1.807) is 0 Å². The summed E-state index contributed by atoms with van der Waals surface area (Å²) < 4.78 is 0. The van der Waals surface area contributed by atoms with Crippen molar-refractivity contribution in [3.05, 3.63) is 21.9 Å². The summed E-state index contributed by atoms with van der Waals surface area (Å²) >= 11 is 1.87. The molecule has 1 fully saturated rings. The Balaban J connectivity index is 1.74. The summed E-state index contributed by atoms with van der Waals surface area (Å²) in [6, 6.07) is 2.91. The zero-order valence-corrected chi connectivity index (χ0v) is 11.9. The van der Waals surface area contributed by atoms with Crippen molar-refractivity contribution in [2.24, 2.45) is 0 Å². The minimum atomic E-state index is 0.658. The van der Waals surface area contributed by atoms with E-state index in [9.17, 15) is 0 Å². The monoisotopic (exact) mass is 262 g/mol. The van der Waals surface area contributed by atoms with Crippen molar-refractivity contribution in [3.8, 4) is 12.3 Å². The lowest BCUT2D eigenvalue weighted by molar-refractivity contribution is 0.217. The fraction of sp³-hybridized carbons (Fsp3) is 0.600. The number of nitrogens with one attached hydrogen (secondary N) is 1. The molecule has 1 N–H and O–H groups in total. The van der Waals surface area contributed by atoms with Crippen molar-refractivity contribution in [1.82, 2.24) is 10.2 Å². The van der Waals surface area contributed by atoms with Crippen molar-refractivity contribution in [1.29, 1.82) is 0 Å². The van der Waals surface area contributed by atoms with Gasteiger partial charge in [-0.2, -0.15) is 0 Å². The average Bonchev–Trinajstić information content (AvgIpc) is 2.86. The third-order valence-electron chi connectivity index (χ3n) is 3.67. The summed E-state index contributed by atoms with van der Waals surface area (Å²) in [5.74, 6) is 2.73. The van der Waals surface area contributed by atoms with Crippen LogP contribution in [-0.2, 0) is 13.0 Å². The van der Waals surface area contributed by atoms with Gasteiger partial charge in [-0.1, -0.05) is 12.8 Å². The maximum atomic E-state index is 5.34. The molecule has 2 nitrogen and oxygen atoms in total. The Morgan fingerprint density at radius 2 is 2.28 bits per heavy atom. The molecule has 98 valence electrons. The molecule has 1 aliphatic heterocycles. The lowest BCUT2D eigenvalue weighted by atomic mass is 10.0. The first-order chi connectivity index (χ1) is 8.83. The normalized spacial score (nSPS) is 17.8. The van der Waals surface area contributed by atoms with E-state index in [0.717, 1.165) is 32.6 Å². The number of rotatable bonds is 5. The summed E-state index contributed by atoms with van der Waals surface area (Å²) in [6.07, 6.45) is 8.92. The Morgan fingerprint density at radius 1 is 1.50 bits per heavy atom. The van der Waals surface area contributed by atoms with Crippen molar-refractivity contribution in [2.45, 2.75) is 38.8 Å². The van der Waals surface area contributed by atoms with E-state index in [-0.39, 0.29) is 0 Å². The molecule has 2 rings (SSSR count). The molecule has 1 saturated heterocycles. The van der Waals surface area contributed by atoms with Gasteiger partial charge in [-0.3, -0.25) is 4.90 Å². The van der Waals surface area contributed by atoms with E-state index in [1.165, 1.54) is 23.3 Å². The number of hydrogen-bond acceptors (Lipinski definition) is 3. The van der Waals surface area contributed by atoms with Gasteiger partial charge in [0, 0.05) is 30.6 Å². The molecule has 0 saturated carbocycles. The molecule has 18 heavy (non-hydrogen) atoms. The van der Waals surface area contributed by atoms with E-state index in [2.05, 4.69) is 34.5 Å². The van der Waals surface area contributed by atoms with Crippen LogP contribution in [0.2, 0.25) is 0 Å². The van der Waals surface area contributed by atoms with Gasteiger partial charge in [0.2, 0.25) is 0 Å². The molecule has 0 aromatic carbocycles. The molecule has 1 aromatic heterocycles. The summed E-state index contributed by atoms with van der Waals surface area (Å²) in [5.41, 5.74) is 1.50. The van der Waals surface area contributed by atoms with Crippen LogP contribution in [0.1, 0.15) is 30.2 Å². The molecule has 0 spiro atoms. The van der Waals surface area contributed by atoms with E-state index < -0.39 is 0 Å². The Hall–Kier alpha value is -0.820. The smallest absolute Gasteiger partial charge is 0.0598 e. The predicted octanol–water partition coefficient (Wildman–Crippen LogP) is 2.50. The highest BCUT2D eigenvalue weighted by Crippen LogP contribution is 2.18. The fourth-order valence-corrected chi connectivity index (χ4v) is 3.43. The second-order valence-electron chi connectivity index (χ2n) is 4.86. The number of terminal acetylenes is 1. The number of piperidine rings is 1. The number of aryl methyl sites for hydroxylation is 1. The van der Waals surface area contributed by atoms with Gasteiger partial charge < -0.3 is 5.32 Å². The maximum Gasteiger partial charge on any atom is 0.0598 e. The molecule has 0 bridgehead atoms. The zero-order valence-electron chi connectivity index (χ0n) is 11.1. The molecule has 2 heterocycles. The van der Waals surface area contributed by atoms with Crippen LogP contribution in [0.15, 0.2) is 11.4 Å². The number of nitrogens with zero attached hydrogens (tertiary/aromatic N) is 1. The molecule has 3 heteroatoms. The van der Waals surface area contributed by atoms with Gasteiger partial charge in [0.15, 0.2) is 0 Å². The highest BCUT2D eigenvalue weighted by atomic mass is 32.1. The second-order valence-corrected chi connectivity index (χ2v) is 5.86. The van der Waals surface area contributed by atoms with E-state index >= 15 is 0 Å². The highest BCUT2D eigenvalue weighted by molar-refractivity contribution is 7.10. The first kappa shape index (κ1) is 13.6. The Morgan fingerprint density at radius 3 is 2.94 bits per heavy atom. The van der Waals surface area contributed by atoms with Crippen LogP contribution < -0.4 is 5.32 Å². The average molecular weight is 262 g/mol. The van der Waals surface area contributed by atoms with Crippen LogP contribution in [-0.4, -0.2) is 30.6 Å². The van der Waals surface area contributed by atoms with Gasteiger partial charge in [-0.05, 0) is 36.3 Å². The molecule has 0 atom stereocenters. The molecule has 0 aliphatic carbocycles. The van der Waals surface area contributed by atoms with Gasteiger partial charge in [0.25, 0.3) is 0 Å². The van der Waals surface area contributed by atoms with Crippen LogP contribution >= 0.6 is 11.3 Å². The topological polar surface area (TPSA) is 15.3 Å². The zero-order chi connectivity index (χ0) is 12.8. The second kappa shape index (κ2) is 6.94. The molecule has 0 radical (unpaired) electrons. The third-order valence-corrected chi connectivity index (χ3v) is 4.64. The van der Waals surface area contributed by atoms with Crippen molar-refractivity contribution < 1.29 is 0 Å². The van der Waals surface area contributed by atoms with Crippen LogP contribution in [0, 0.1) is 12.3 Å². The lowest BCUT2D eigenvalue weighted by Crippen LogP contribution is -2.42. The summed E-state index contributed by atoms with van der Waals surface area (Å²) in [6.45, 7) is 6.32. The van der Waals surface area contributed by atoms with Gasteiger partial charge in [0.1, 0.15) is 0 Å². The molecule has 1 aliphatic rings.